The molecule has 0 bridgehead atoms. The first-order valence-electron chi connectivity index (χ1n) is 21.4. The van der Waals surface area contributed by atoms with Gasteiger partial charge in [0.1, 0.15) is 0 Å². The Balaban J connectivity index is 0.989. The molecule has 0 amide bonds. The summed E-state index contributed by atoms with van der Waals surface area (Å²) in [6.07, 6.45) is 9.29. The van der Waals surface area contributed by atoms with E-state index in [1.807, 2.05) is 0 Å². The molecule has 4 nitrogen and oxygen atoms in total. The SMILES string of the molecule is C1=CCCC(c2ccc3ccc4c(-c5ccccc5)cc(-c5cccc(-c6cccc(C7=NC(c8ccccc8)CC(c8ccc(-c9ccccc9)cc8)=N7)c6)c5)nc4c3n2)=C1. The van der Waals surface area contributed by atoms with E-state index < -0.39 is 0 Å². The minimum absolute atomic E-state index is 0.0462. The molecule has 0 spiro atoms. The van der Waals surface area contributed by atoms with Gasteiger partial charge in [-0.05, 0) is 87.2 Å². The first-order chi connectivity index (χ1) is 30.7. The first-order valence-corrected chi connectivity index (χ1v) is 21.4. The number of fused-ring (bicyclic) bond motifs is 3. The zero-order chi connectivity index (χ0) is 41.2. The third-order valence-corrected chi connectivity index (χ3v) is 12.1. The monoisotopic (exact) mass is 794 g/mol. The molecule has 1 atom stereocenters. The molecule has 2 aromatic heterocycles. The highest BCUT2D eigenvalue weighted by atomic mass is 15.0. The molecule has 0 fully saturated rings. The van der Waals surface area contributed by atoms with Crippen molar-refractivity contribution in [2.45, 2.75) is 25.3 Å². The standard InChI is InChI=1S/C58H42N4/c1-5-15-39(16-6-1)40-27-29-44(30-28-40)55-38-54(43-21-11-4-12-22-43)61-58(62-55)49-26-14-24-47(36-49)46-23-13-25-48(35-46)53-37-51(41-17-7-2-8-18-41)50-33-31-45-32-34-52(42-19-9-3-10-20-42)59-56(45)57(50)60-53/h1-9,11-19,21-37,54H,10,20,38H2. The van der Waals surface area contributed by atoms with Crippen LogP contribution >= 0.6 is 0 Å². The second-order valence-electron chi connectivity index (χ2n) is 16.1. The highest BCUT2D eigenvalue weighted by Gasteiger charge is 2.23. The Morgan fingerprint density at radius 3 is 1.81 bits per heavy atom. The molecule has 0 radical (unpaired) electrons. The van der Waals surface area contributed by atoms with E-state index in [1.54, 1.807) is 0 Å². The highest BCUT2D eigenvalue weighted by molar-refractivity contribution is 6.14. The summed E-state index contributed by atoms with van der Waals surface area (Å²) in [5, 5.41) is 2.17. The lowest BCUT2D eigenvalue weighted by Gasteiger charge is -2.22. The molecule has 11 rings (SSSR count). The van der Waals surface area contributed by atoms with E-state index in [1.165, 1.54) is 22.3 Å². The fourth-order valence-electron chi connectivity index (χ4n) is 8.82. The van der Waals surface area contributed by atoms with Crippen molar-refractivity contribution in [1.29, 1.82) is 0 Å². The van der Waals surface area contributed by atoms with E-state index in [2.05, 4.69) is 212 Å². The van der Waals surface area contributed by atoms with Crippen molar-refractivity contribution in [2.24, 2.45) is 9.98 Å². The van der Waals surface area contributed by atoms with E-state index in [4.69, 9.17) is 20.0 Å². The number of nitrogens with zero attached hydrogens (tertiary/aromatic N) is 4. The third kappa shape index (κ3) is 7.37. The molecule has 2 aliphatic rings. The molecular weight excluding hydrogens is 753 g/mol. The molecule has 0 saturated heterocycles. The lowest BCUT2D eigenvalue weighted by atomic mass is 9.94. The van der Waals surface area contributed by atoms with Gasteiger partial charge in [-0.2, -0.15) is 0 Å². The topological polar surface area (TPSA) is 50.5 Å². The van der Waals surface area contributed by atoms with Crippen molar-refractivity contribution in [1.82, 2.24) is 9.97 Å². The Kier molecular flexibility index (Phi) is 9.79. The molecule has 3 heterocycles. The van der Waals surface area contributed by atoms with Crippen molar-refractivity contribution < 1.29 is 0 Å². The summed E-state index contributed by atoms with van der Waals surface area (Å²) >= 11 is 0. The van der Waals surface area contributed by atoms with Crippen LogP contribution < -0.4 is 0 Å². The minimum atomic E-state index is -0.0462. The fourth-order valence-corrected chi connectivity index (χ4v) is 8.82. The van der Waals surface area contributed by atoms with Crippen molar-refractivity contribution in [3.63, 3.8) is 0 Å². The molecule has 1 aliphatic heterocycles. The van der Waals surface area contributed by atoms with Gasteiger partial charge >= 0.3 is 0 Å². The van der Waals surface area contributed by atoms with Gasteiger partial charge in [0.2, 0.25) is 0 Å². The quantitative estimate of drug-likeness (QED) is 0.144. The van der Waals surface area contributed by atoms with Gasteiger partial charge in [0.15, 0.2) is 5.84 Å². The number of pyridine rings is 2. The molecule has 1 unspecified atom stereocenters. The van der Waals surface area contributed by atoms with Crippen LogP contribution in [0.2, 0.25) is 0 Å². The molecule has 294 valence electrons. The van der Waals surface area contributed by atoms with Crippen LogP contribution in [0.25, 0.3) is 72.0 Å². The number of hydrogen-bond acceptors (Lipinski definition) is 4. The second kappa shape index (κ2) is 16.3. The summed E-state index contributed by atoms with van der Waals surface area (Å²) < 4.78 is 0. The Morgan fingerprint density at radius 2 is 1.06 bits per heavy atom. The Labute approximate surface area is 362 Å². The van der Waals surface area contributed by atoms with Gasteiger partial charge in [-0.1, -0.05) is 188 Å². The number of hydrogen-bond donors (Lipinski definition) is 0. The summed E-state index contributed by atoms with van der Waals surface area (Å²) in [6, 6.07) is 68.8. The van der Waals surface area contributed by atoms with E-state index in [-0.39, 0.29) is 6.04 Å². The van der Waals surface area contributed by atoms with Crippen LogP contribution in [-0.4, -0.2) is 21.5 Å². The number of amidine groups is 1. The van der Waals surface area contributed by atoms with Crippen LogP contribution in [0.3, 0.4) is 0 Å². The van der Waals surface area contributed by atoms with E-state index >= 15 is 0 Å². The lowest BCUT2D eigenvalue weighted by Crippen LogP contribution is -2.17. The summed E-state index contributed by atoms with van der Waals surface area (Å²) in [4.78, 5) is 21.3. The highest BCUT2D eigenvalue weighted by Crippen LogP contribution is 2.37. The van der Waals surface area contributed by atoms with Crippen molar-refractivity contribution in [3.05, 3.63) is 235 Å². The van der Waals surface area contributed by atoms with Crippen LogP contribution in [0, 0.1) is 0 Å². The summed E-state index contributed by atoms with van der Waals surface area (Å²) in [7, 11) is 0. The van der Waals surface area contributed by atoms with E-state index in [0.29, 0.717) is 0 Å². The maximum absolute atomic E-state index is 5.44. The number of allylic oxidation sites excluding steroid dienone is 4. The van der Waals surface area contributed by atoms with Gasteiger partial charge in [0.05, 0.1) is 34.2 Å². The molecule has 1 aliphatic carbocycles. The smallest absolute Gasteiger partial charge is 0.155 e. The van der Waals surface area contributed by atoms with E-state index in [9.17, 15) is 0 Å². The zero-order valence-electron chi connectivity index (χ0n) is 34.2. The lowest BCUT2D eigenvalue weighted by molar-refractivity contribution is 0.753. The normalized spacial score (nSPS) is 15.0. The molecule has 9 aromatic rings. The molecule has 0 saturated carbocycles. The van der Waals surface area contributed by atoms with Gasteiger partial charge in [-0.3, -0.25) is 4.99 Å². The average molecular weight is 795 g/mol. The van der Waals surface area contributed by atoms with Crippen LogP contribution in [-0.2, 0) is 0 Å². The maximum Gasteiger partial charge on any atom is 0.155 e. The Bertz CT molecular complexity index is 3240. The predicted octanol–water partition coefficient (Wildman–Crippen LogP) is 14.6. The fraction of sp³-hybridized carbons (Fsp3) is 0.0690. The van der Waals surface area contributed by atoms with Crippen molar-refractivity contribution in [3.8, 4) is 44.6 Å². The van der Waals surface area contributed by atoms with Crippen LogP contribution in [0.15, 0.2) is 222 Å². The molecule has 7 aromatic carbocycles. The molecular formula is C58H42N4. The first kappa shape index (κ1) is 37.2. The van der Waals surface area contributed by atoms with Crippen LogP contribution in [0.4, 0.5) is 0 Å². The number of rotatable bonds is 8. The molecule has 4 heteroatoms. The third-order valence-electron chi connectivity index (χ3n) is 12.1. The summed E-state index contributed by atoms with van der Waals surface area (Å²) in [5.74, 6) is 0.743. The summed E-state index contributed by atoms with van der Waals surface area (Å²) in [5.41, 5.74) is 17.2. The van der Waals surface area contributed by atoms with Gasteiger partial charge in [-0.15, -0.1) is 0 Å². The largest absolute Gasteiger partial charge is 0.258 e. The van der Waals surface area contributed by atoms with Gasteiger partial charge in [-0.25, -0.2) is 15.0 Å². The van der Waals surface area contributed by atoms with E-state index in [0.717, 1.165) is 103 Å². The predicted molar refractivity (Wildman–Crippen MR) is 258 cm³/mol. The number of aromatic nitrogens is 2. The molecule has 0 N–H and O–H groups in total. The van der Waals surface area contributed by atoms with Gasteiger partial charge in [0.25, 0.3) is 0 Å². The van der Waals surface area contributed by atoms with Gasteiger partial charge in [0, 0.05) is 28.3 Å². The summed E-state index contributed by atoms with van der Waals surface area (Å²) in [6.45, 7) is 0. The van der Waals surface area contributed by atoms with Crippen LogP contribution in [0.1, 0.15) is 47.7 Å². The average Bonchev–Trinajstić information content (AvgIpc) is 3.37. The van der Waals surface area contributed by atoms with Gasteiger partial charge < -0.3 is 0 Å². The Hall–Kier alpha value is -7.82. The number of aliphatic imine (C=N–C) groups is 2. The maximum atomic E-state index is 5.44. The number of benzene rings is 7. The second-order valence-corrected chi connectivity index (χ2v) is 16.1. The van der Waals surface area contributed by atoms with Crippen molar-refractivity contribution in [2.75, 3.05) is 0 Å². The Morgan fingerprint density at radius 1 is 0.452 bits per heavy atom. The molecule has 62 heavy (non-hydrogen) atoms. The van der Waals surface area contributed by atoms with Crippen LogP contribution in [0.5, 0.6) is 0 Å². The minimum Gasteiger partial charge on any atom is -0.258 e. The zero-order valence-corrected chi connectivity index (χ0v) is 34.2. The van der Waals surface area contributed by atoms with Crippen molar-refractivity contribution >= 4 is 38.9 Å².